The van der Waals surface area contributed by atoms with Crippen LogP contribution in [-0.2, 0) is 14.4 Å². The molecule has 0 aromatic heterocycles. The lowest BCUT2D eigenvalue weighted by Crippen LogP contribution is -2.49. The SMILES string of the molecule is CC(=O)N1CCCC1C(=O)N1CCC(CCCC(N)=O)CC1. The molecule has 0 aliphatic carbocycles. The summed E-state index contributed by atoms with van der Waals surface area (Å²) in [5, 5.41) is 0. The highest BCUT2D eigenvalue weighted by atomic mass is 16.2. The van der Waals surface area contributed by atoms with Gasteiger partial charge < -0.3 is 15.5 Å². The van der Waals surface area contributed by atoms with Crippen LogP contribution in [0.1, 0.15) is 51.9 Å². The molecule has 6 heteroatoms. The predicted molar refractivity (Wildman–Crippen MR) is 82.8 cm³/mol. The number of hydrogen-bond donors (Lipinski definition) is 1. The molecule has 0 aromatic rings. The lowest BCUT2D eigenvalue weighted by Gasteiger charge is -2.35. The maximum Gasteiger partial charge on any atom is 0.245 e. The van der Waals surface area contributed by atoms with Gasteiger partial charge in [-0.15, -0.1) is 0 Å². The number of likely N-dealkylation sites (tertiary alicyclic amines) is 2. The Bertz CT molecular complexity index is 430. The van der Waals surface area contributed by atoms with Crippen molar-refractivity contribution in [3.63, 3.8) is 0 Å². The van der Waals surface area contributed by atoms with Crippen molar-refractivity contribution in [2.45, 2.75) is 57.9 Å². The number of piperidine rings is 1. The highest BCUT2D eigenvalue weighted by Crippen LogP contribution is 2.25. The Morgan fingerprint density at radius 2 is 1.77 bits per heavy atom. The number of carbonyl (C=O) groups is 3. The molecule has 1 atom stereocenters. The topological polar surface area (TPSA) is 83.7 Å². The van der Waals surface area contributed by atoms with E-state index in [4.69, 9.17) is 5.73 Å². The first-order valence-corrected chi connectivity index (χ1v) is 8.33. The first kappa shape index (κ1) is 16.8. The van der Waals surface area contributed by atoms with Gasteiger partial charge in [0.05, 0.1) is 0 Å². The predicted octanol–water partition coefficient (Wildman–Crippen LogP) is 0.892. The number of carbonyl (C=O) groups excluding carboxylic acids is 3. The van der Waals surface area contributed by atoms with E-state index in [1.807, 2.05) is 4.90 Å². The summed E-state index contributed by atoms with van der Waals surface area (Å²) in [4.78, 5) is 38.6. The van der Waals surface area contributed by atoms with Gasteiger partial charge in [0.2, 0.25) is 17.7 Å². The third kappa shape index (κ3) is 4.21. The van der Waals surface area contributed by atoms with Crippen molar-refractivity contribution in [1.29, 1.82) is 0 Å². The number of nitrogens with zero attached hydrogens (tertiary/aromatic N) is 2. The van der Waals surface area contributed by atoms with Gasteiger partial charge in [-0.25, -0.2) is 0 Å². The van der Waals surface area contributed by atoms with Crippen molar-refractivity contribution in [1.82, 2.24) is 9.80 Å². The van der Waals surface area contributed by atoms with E-state index >= 15 is 0 Å². The molecular formula is C16H27N3O3. The smallest absolute Gasteiger partial charge is 0.245 e. The Morgan fingerprint density at radius 3 is 2.36 bits per heavy atom. The number of rotatable bonds is 5. The third-order valence-electron chi connectivity index (χ3n) is 4.90. The Hall–Kier alpha value is -1.59. The molecule has 0 bridgehead atoms. The van der Waals surface area contributed by atoms with Crippen molar-refractivity contribution in [2.24, 2.45) is 11.7 Å². The minimum absolute atomic E-state index is 0.00260. The maximum absolute atomic E-state index is 12.6. The molecule has 2 rings (SSSR count). The van der Waals surface area contributed by atoms with Crippen LogP contribution in [0.4, 0.5) is 0 Å². The molecule has 124 valence electrons. The molecule has 0 saturated carbocycles. The molecule has 0 aromatic carbocycles. The standard InChI is InChI=1S/C16H27N3O3/c1-12(20)19-9-3-5-14(19)16(22)18-10-7-13(8-11-18)4-2-6-15(17)21/h13-14H,2-11H2,1H3,(H2,17,21). The fourth-order valence-corrected chi connectivity index (χ4v) is 3.62. The van der Waals surface area contributed by atoms with Gasteiger partial charge in [-0.1, -0.05) is 0 Å². The zero-order chi connectivity index (χ0) is 16.1. The summed E-state index contributed by atoms with van der Waals surface area (Å²) in [6.45, 7) is 3.77. The average molecular weight is 309 g/mol. The van der Waals surface area contributed by atoms with Crippen molar-refractivity contribution in [3.05, 3.63) is 0 Å². The van der Waals surface area contributed by atoms with Gasteiger partial charge in [-0.3, -0.25) is 14.4 Å². The minimum Gasteiger partial charge on any atom is -0.370 e. The van der Waals surface area contributed by atoms with Gasteiger partial charge in [0, 0.05) is 33.0 Å². The monoisotopic (exact) mass is 309 g/mol. The zero-order valence-corrected chi connectivity index (χ0v) is 13.4. The molecular weight excluding hydrogens is 282 g/mol. The summed E-state index contributed by atoms with van der Waals surface area (Å²) in [5.41, 5.74) is 5.15. The van der Waals surface area contributed by atoms with Crippen LogP contribution in [0.3, 0.4) is 0 Å². The lowest BCUT2D eigenvalue weighted by atomic mass is 9.91. The van der Waals surface area contributed by atoms with E-state index in [1.165, 1.54) is 6.92 Å². The van der Waals surface area contributed by atoms with E-state index in [0.29, 0.717) is 18.9 Å². The third-order valence-corrected chi connectivity index (χ3v) is 4.90. The molecule has 6 nitrogen and oxygen atoms in total. The highest BCUT2D eigenvalue weighted by Gasteiger charge is 2.36. The summed E-state index contributed by atoms with van der Waals surface area (Å²) >= 11 is 0. The molecule has 2 heterocycles. The largest absolute Gasteiger partial charge is 0.370 e. The molecule has 2 saturated heterocycles. The Morgan fingerprint density at radius 1 is 1.09 bits per heavy atom. The molecule has 2 aliphatic heterocycles. The molecule has 2 fully saturated rings. The van der Waals surface area contributed by atoms with Crippen molar-refractivity contribution in [3.8, 4) is 0 Å². The highest BCUT2D eigenvalue weighted by molar-refractivity contribution is 5.87. The van der Waals surface area contributed by atoms with Crippen LogP contribution in [0.15, 0.2) is 0 Å². The summed E-state index contributed by atoms with van der Waals surface area (Å²) in [6.07, 6.45) is 5.97. The summed E-state index contributed by atoms with van der Waals surface area (Å²) in [6, 6.07) is -0.246. The number of nitrogens with two attached hydrogens (primary N) is 1. The zero-order valence-electron chi connectivity index (χ0n) is 13.4. The second kappa shape index (κ2) is 7.61. The second-order valence-corrected chi connectivity index (χ2v) is 6.50. The fourth-order valence-electron chi connectivity index (χ4n) is 3.62. The van der Waals surface area contributed by atoms with Gasteiger partial charge in [-0.05, 0) is 44.4 Å². The van der Waals surface area contributed by atoms with E-state index < -0.39 is 0 Å². The molecule has 0 spiro atoms. The Kier molecular flexibility index (Phi) is 5.80. The second-order valence-electron chi connectivity index (χ2n) is 6.50. The minimum atomic E-state index is -0.246. The van der Waals surface area contributed by atoms with E-state index in [2.05, 4.69) is 0 Å². The number of hydrogen-bond acceptors (Lipinski definition) is 3. The molecule has 1 unspecified atom stereocenters. The quantitative estimate of drug-likeness (QED) is 0.818. The van der Waals surface area contributed by atoms with Gasteiger partial charge in [-0.2, -0.15) is 0 Å². The van der Waals surface area contributed by atoms with Crippen molar-refractivity contribution >= 4 is 17.7 Å². The Labute approximate surface area is 132 Å². The number of amides is 3. The van der Waals surface area contributed by atoms with E-state index in [0.717, 1.165) is 51.6 Å². The van der Waals surface area contributed by atoms with Crippen LogP contribution >= 0.6 is 0 Å². The number of primary amides is 1. The average Bonchev–Trinajstić information content (AvgIpc) is 2.96. The van der Waals surface area contributed by atoms with Crippen LogP contribution in [0.2, 0.25) is 0 Å². The van der Waals surface area contributed by atoms with Crippen LogP contribution in [0.25, 0.3) is 0 Å². The fraction of sp³-hybridized carbons (Fsp3) is 0.812. The van der Waals surface area contributed by atoms with Gasteiger partial charge in [0.1, 0.15) is 6.04 Å². The summed E-state index contributed by atoms with van der Waals surface area (Å²) in [7, 11) is 0. The van der Waals surface area contributed by atoms with E-state index in [-0.39, 0.29) is 23.8 Å². The van der Waals surface area contributed by atoms with E-state index in [9.17, 15) is 14.4 Å². The van der Waals surface area contributed by atoms with Crippen LogP contribution in [0.5, 0.6) is 0 Å². The van der Waals surface area contributed by atoms with Crippen molar-refractivity contribution in [2.75, 3.05) is 19.6 Å². The molecule has 2 N–H and O–H groups in total. The van der Waals surface area contributed by atoms with Crippen LogP contribution < -0.4 is 5.73 Å². The Balaban J connectivity index is 1.77. The van der Waals surface area contributed by atoms with Gasteiger partial charge >= 0.3 is 0 Å². The van der Waals surface area contributed by atoms with Gasteiger partial charge in [0.25, 0.3) is 0 Å². The van der Waals surface area contributed by atoms with Crippen molar-refractivity contribution < 1.29 is 14.4 Å². The molecule has 2 aliphatic rings. The van der Waals surface area contributed by atoms with E-state index in [1.54, 1.807) is 4.90 Å². The lowest BCUT2D eigenvalue weighted by molar-refractivity contribution is -0.143. The molecule has 3 amide bonds. The molecule has 22 heavy (non-hydrogen) atoms. The first-order chi connectivity index (χ1) is 10.5. The van der Waals surface area contributed by atoms with Crippen LogP contribution in [-0.4, -0.2) is 53.2 Å². The summed E-state index contributed by atoms with van der Waals surface area (Å²) < 4.78 is 0. The first-order valence-electron chi connectivity index (χ1n) is 8.33. The normalized spacial score (nSPS) is 22.9. The van der Waals surface area contributed by atoms with Crippen LogP contribution in [0, 0.1) is 5.92 Å². The summed E-state index contributed by atoms with van der Waals surface area (Å²) in [5.74, 6) is 0.453. The maximum atomic E-state index is 12.6. The molecule has 0 radical (unpaired) electrons. The van der Waals surface area contributed by atoms with Gasteiger partial charge in [0.15, 0.2) is 0 Å².